The van der Waals surface area contributed by atoms with Crippen LogP contribution in [-0.4, -0.2) is 29.4 Å². The van der Waals surface area contributed by atoms with E-state index in [-0.39, 0.29) is 36.6 Å². The number of halogens is 1. The molecule has 0 unspecified atom stereocenters. The fourth-order valence-electron chi connectivity index (χ4n) is 1.41. The van der Waals surface area contributed by atoms with Crippen molar-refractivity contribution in [1.82, 2.24) is 15.6 Å². The largest absolute Gasteiger partial charge is 0.383 e. The van der Waals surface area contributed by atoms with Gasteiger partial charge in [0, 0.05) is 29.7 Å². The third kappa shape index (κ3) is 5.25. The predicted octanol–water partition coefficient (Wildman–Crippen LogP) is 1.07. The van der Waals surface area contributed by atoms with E-state index in [1.54, 1.807) is 6.07 Å². The summed E-state index contributed by atoms with van der Waals surface area (Å²) >= 11 is 3.22. The lowest BCUT2D eigenvalue weighted by molar-refractivity contribution is -0.121. The van der Waals surface area contributed by atoms with Crippen LogP contribution in [0.3, 0.4) is 0 Å². The lowest BCUT2D eigenvalue weighted by Crippen LogP contribution is -2.34. The van der Waals surface area contributed by atoms with E-state index in [0.717, 1.165) is 0 Å². The number of anilines is 1. The molecule has 0 saturated heterocycles. The number of nitrogens with zero attached hydrogens (tertiary/aromatic N) is 1. The molecule has 2 amide bonds. The van der Waals surface area contributed by atoms with Crippen molar-refractivity contribution in [3.63, 3.8) is 0 Å². The molecular formula is C12H17BrN4O2. The molecule has 1 heterocycles. The number of carbonyl (C=O) groups is 2. The van der Waals surface area contributed by atoms with E-state index in [1.165, 1.54) is 6.20 Å². The van der Waals surface area contributed by atoms with E-state index in [1.807, 2.05) is 13.8 Å². The molecule has 1 aromatic heterocycles. The van der Waals surface area contributed by atoms with Crippen LogP contribution in [-0.2, 0) is 4.79 Å². The Morgan fingerprint density at radius 1 is 1.47 bits per heavy atom. The first kappa shape index (κ1) is 15.4. The Hall–Kier alpha value is -1.63. The molecule has 1 aromatic rings. The molecule has 7 heteroatoms. The molecule has 4 N–H and O–H groups in total. The molecule has 0 atom stereocenters. The number of hydrogen-bond donors (Lipinski definition) is 3. The van der Waals surface area contributed by atoms with Crippen molar-refractivity contribution in [2.75, 3.05) is 12.3 Å². The normalized spacial score (nSPS) is 10.3. The van der Waals surface area contributed by atoms with Gasteiger partial charge in [0.2, 0.25) is 5.91 Å². The highest BCUT2D eigenvalue weighted by atomic mass is 79.9. The quantitative estimate of drug-likeness (QED) is 0.753. The monoisotopic (exact) mass is 328 g/mol. The van der Waals surface area contributed by atoms with Gasteiger partial charge in [-0.15, -0.1) is 0 Å². The molecule has 0 spiro atoms. The second kappa shape index (κ2) is 7.08. The average molecular weight is 329 g/mol. The Bertz CT molecular complexity index is 477. The lowest BCUT2D eigenvalue weighted by Gasteiger charge is -2.09. The predicted molar refractivity (Wildman–Crippen MR) is 76.6 cm³/mol. The topological polar surface area (TPSA) is 97.1 Å². The number of nitrogens with two attached hydrogens (primary N) is 1. The van der Waals surface area contributed by atoms with Gasteiger partial charge in [-0.25, -0.2) is 4.98 Å². The standard InChI is InChI=1S/C12H17BrN4O2/c1-7(2)17-10(18)3-4-15-12(19)9-5-8(13)6-16-11(9)14/h5-7H,3-4H2,1-2H3,(H2,14,16)(H,15,19)(H,17,18). The highest BCUT2D eigenvalue weighted by Gasteiger charge is 2.11. The van der Waals surface area contributed by atoms with Crippen LogP contribution in [0.15, 0.2) is 16.7 Å². The molecular weight excluding hydrogens is 312 g/mol. The molecule has 6 nitrogen and oxygen atoms in total. The van der Waals surface area contributed by atoms with E-state index < -0.39 is 0 Å². The fourth-order valence-corrected chi connectivity index (χ4v) is 1.74. The van der Waals surface area contributed by atoms with Crippen LogP contribution in [0.25, 0.3) is 0 Å². The van der Waals surface area contributed by atoms with Gasteiger partial charge in [-0.05, 0) is 35.8 Å². The Labute approximate surface area is 120 Å². The molecule has 0 aliphatic carbocycles. The van der Waals surface area contributed by atoms with Gasteiger partial charge < -0.3 is 16.4 Å². The SMILES string of the molecule is CC(C)NC(=O)CCNC(=O)c1cc(Br)cnc1N. The summed E-state index contributed by atoms with van der Waals surface area (Å²) in [6.45, 7) is 4.01. The van der Waals surface area contributed by atoms with E-state index in [4.69, 9.17) is 5.73 Å². The number of hydrogen-bond acceptors (Lipinski definition) is 4. The van der Waals surface area contributed by atoms with Gasteiger partial charge >= 0.3 is 0 Å². The zero-order valence-electron chi connectivity index (χ0n) is 10.9. The first-order chi connectivity index (χ1) is 8.90. The smallest absolute Gasteiger partial charge is 0.255 e. The number of carbonyl (C=O) groups excluding carboxylic acids is 2. The summed E-state index contributed by atoms with van der Waals surface area (Å²) in [6.07, 6.45) is 1.74. The minimum Gasteiger partial charge on any atom is -0.383 e. The van der Waals surface area contributed by atoms with Gasteiger partial charge in [-0.2, -0.15) is 0 Å². The van der Waals surface area contributed by atoms with Gasteiger partial charge in [0.25, 0.3) is 5.91 Å². The number of pyridine rings is 1. The second-order valence-corrected chi connectivity index (χ2v) is 5.23. The van der Waals surface area contributed by atoms with Gasteiger partial charge in [0.15, 0.2) is 0 Å². The van der Waals surface area contributed by atoms with Crippen LogP contribution in [0.4, 0.5) is 5.82 Å². The molecule has 19 heavy (non-hydrogen) atoms. The second-order valence-electron chi connectivity index (χ2n) is 4.31. The number of nitrogens with one attached hydrogen (secondary N) is 2. The number of nitrogen functional groups attached to an aromatic ring is 1. The maximum Gasteiger partial charge on any atom is 0.255 e. The minimum absolute atomic E-state index is 0.0909. The van der Waals surface area contributed by atoms with Crippen molar-refractivity contribution in [2.24, 2.45) is 0 Å². The first-order valence-electron chi connectivity index (χ1n) is 5.88. The molecule has 0 radical (unpaired) electrons. The molecule has 0 saturated carbocycles. The maximum atomic E-state index is 11.8. The highest BCUT2D eigenvalue weighted by Crippen LogP contribution is 2.15. The van der Waals surface area contributed by atoms with Crippen molar-refractivity contribution in [2.45, 2.75) is 26.3 Å². The van der Waals surface area contributed by atoms with Crippen molar-refractivity contribution in [1.29, 1.82) is 0 Å². The van der Waals surface area contributed by atoms with E-state index in [0.29, 0.717) is 10.0 Å². The molecule has 0 bridgehead atoms. The van der Waals surface area contributed by atoms with Gasteiger partial charge in [-0.3, -0.25) is 9.59 Å². The van der Waals surface area contributed by atoms with Crippen LogP contribution < -0.4 is 16.4 Å². The third-order valence-electron chi connectivity index (χ3n) is 2.22. The summed E-state index contributed by atoms with van der Waals surface area (Å²) in [7, 11) is 0. The van der Waals surface area contributed by atoms with Gasteiger partial charge in [0.1, 0.15) is 5.82 Å². The van der Waals surface area contributed by atoms with Gasteiger partial charge in [-0.1, -0.05) is 0 Å². The Balaban J connectivity index is 2.48. The molecule has 0 fully saturated rings. The minimum atomic E-state index is -0.344. The Kier molecular flexibility index (Phi) is 5.75. The molecule has 0 aliphatic heterocycles. The first-order valence-corrected chi connectivity index (χ1v) is 6.68. The van der Waals surface area contributed by atoms with Crippen LogP contribution >= 0.6 is 15.9 Å². The zero-order valence-corrected chi connectivity index (χ0v) is 12.5. The number of rotatable bonds is 5. The molecule has 0 aliphatic rings. The average Bonchev–Trinajstić information content (AvgIpc) is 2.31. The maximum absolute atomic E-state index is 11.8. The third-order valence-corrected chi connectivity index (χ3v) is 2.65. The van der Waals surface area contributed by atoms with Crippen LogP contribution in [0.5, 0.6) is 0 Å². The summed E-state index contributed by atoms with van der Waals surface area (Å²) in [4.78, 5) is 27.1. The highest BCUT2D eigenvalue weighted by molar-refractivity contribution is 9.10. The van der Waals surface area contributed by atoms with E-state index in [9.17, 15) is 9.59 Å². The summed E-state index contributed by atoms with van der Waals surface area (Å²) in [5.41, 5.74) is 5.91. The van der Waals surface area contributed by atoms with Crippen molar-refractivity contribution >= 4 is 33.6 Å². The molecule has 1 rings (SSSR count). The van der Waals surface area contributed by atoms with E-state index in [2.05, 4.69) is 31.5 Å². The Morgan fingerprint density at radius 3 is 2.79 bits per heavy atom. The lowest BCUT2D eigenvalue weighted by atomic mass is 10.2. The fraction of sp³-hybridized carbons (Fsp3) is 0.417. The van der Waals surface area contributed by atoms with Crippen LogP contribution in [0.1, 0.15) is 30.6 Å². The molecule has 104 valence electrons. The number of aromatic nitrogens is 1. The number of amides is 2. The van der Waals surface area contributed by atoms with Crippen molar-refractivity contribution < 1.29 is 9.59 Å². The summed E-state index contributed by atoms with van der Waals surface area (Å²) < 4.78 is 0.671. The van der Waals surface area contributed by atoms with Crippen molar-refractivity contribution in [3.8, 4) is 0 Å². The zero-order chi connectivity index (χ0) is 14.4. The van der Waals surface area contributed by atoms with E-state index >= 15 is 0 Å². The van der Waals surface area contributed by atoms with Gasteiger partial charge in [0.05, 0.1) is 5.56 Å². The summed E-state index contributed by atoms with van der Waals surface area (Å²) in [5, 5.41) is 5.37. The molecule has 0 aromatic carbocycles. The summed E-state index contributed by atoms with van der Waals surface area (Å²) in [5.74, 6) is -0.286. The van der Waals surface area contributed by atoms with Crippen LogP contribution in [0, 0.1) is 0 Å². The summed E-state index contributed by atoms with van der Waals surface area (Å²) in [6, 6.07) is 1.68. The van der Waals surface area contributed by atoms with Crippen LogP contribution in [0.2, 0.25) is 0 Å². The van der Waals surface area contributed by atoms with Crippen molar-refractivity contribution in [3.05, 3.63) is 22.3 Å². The Morgan fingerprint density at radius 2 is 2.16 bits per heavy atom.